The van der Waals surface area contributed by atoms with E-state index in [1.54, 1.807) is 7.11 Å². The molecule has 1 fully saturated rings. The Balaban J connectivity index is 0.00000240. The van der Waals surface area contributed by atoms with E-state index in [1.165, 1.54) is 29.5 Å². The maximum atomic E-state index is 5.58. The van der Waals surface area contributed by atoms with E-state index >= 15 is 0 Å². The fourth-order valence-electron chi connectivity index (χ4n) is 3.97. The van der Waals surface area contributed by atoms with Gasteiger partial charge < -0.3 is 20.1 Å². The lowest BCUT2D eigenvalue weighted by Gasteiger charge is -2.21. The second kappa shape index (κ2) is 9.69. The van der Waals surface area contributed by atoms with Crippen molar-refractivity contribution in [2.75, 3.05) is 33.9 Å². The molecule has 1 heterocycles. The highest BCUT2D eigenvalue weighted by molar-refractivity contribution is 14.0. The molecule has 5 nitrogen and oxygen atoms in total. The van der Waals surface area contributed by atoms with E-state index in [-0.39, 0.29) is 29.4 Å². The molecule has 0 radical (unpaired) electrons. The summed E-state index contributed by atoms with van der Waals surface area (Å²) in [4.78, 5) is 4.39. The number of fused-ring (bicyclic) bond motifs is 1. The molecule has 2 aliphatic rings. The normalized spacial score (nSPS) is 16.3. The second-order valence-corrected chi connectivity index (χ2v) is 7.62. The molecule has 0 atom stereocenters. The molecule has 0 bridgehead atoms. The number of rotatable bonds is 7. The molecular formula is C23H30IN3O2. The van der Waals surface area contributed by atoms with Crippen molar-refractivity contribution in [3.63, 3.8) is 0 Å². The third-order valence-electron chi connectivity index (χ3n) is 5.81. The van der Waals surface area contributed by atoms with Crippen LogP contribution in [0.4, 0.5) is 0 Å². The summed E-state index contributed by atoms with van der Waals surface area (Å²) in [5, 5.41) is 6.96. The Morgan fingerprint density at radius 3 is 2.76 bits per heavy atom. The summed E-state index contributed by atoms with van der Waals surface area (Å²) in [5.74, 6) is 2.87. The first-order chi connectivity index (χ1) is 13.7. The predicted molar refractivity (Wildman–Crippen MR) is 128 cm³/mol. The van der Waals surface area contributed by atoms with E-state index in [0.29, 0.717) is 0 Å². The highest BCUT2D eigenvalue weighted by Crippen LogP contribution is 2.50. The molecule has 29 heavy (non-hydrogen) atoms. The Hall–Kier alpha value is -1.96. The summed E-state index contributed by atoms with van der Waals surface area (Å²) >= 11 is 0. The average Bonchev–Trinajstić information content (AvgIpc) is 3.38. The van der Waals surface area contributed by atoms with Crippen LogP contribution in [0.3, 0.4) is 0 Å². The van der Waals surface area contributed by atoms with Gasteiger partial charge in [-0.25, -0.2) is 0 Å². The standard InChI is InChI=1S/C23H29N3O2.HI/c1-24-22(25-13-9-17-7-8-20-18(15-17)10-14-28-20)26-16-23(11-12-23)19-5-3-4-6-21(19)27-2;/h3-8,15H,9-14,16H2,1-2H3,(H2,24,25,26);1H. The number of nitrogens with zero attached hydrogens (tertiary/aromatic N) is 1. The Kier molecular flexibility index (Phi) is 7.27. The van der Waals surface area contributed by atoms with Crippen molar-refractivity contribution in [3.8, 4) is 11.5 Å². The van der Waals surface area contributed by atoms with Crippen LogP contribution in [0.15, 0.2) is 47.5 Å². The van der Waals surface area contributed by atoms with Crippen LogP contribution in [-0.2, 0) is 18.3 Å². The lowest BCUT2D eigenvalue weighted by molar-refractivity contribution is 0.357. The molecule has 4 rings (SSSR count). The van der Waals surface area contributed by atoms with Gasteiger partial charge in [-0.15, -0.1) is 24.0 Å². The monoisotopic (exact) mass is 507 g/mol. The van der Waals surface area contributed by atoms with Crippen LogP contribution in [-0.4, -0.2) is 39.8 Å². The zero-order valence-electron chi connectivity index (χ0n) is 17.2. The molecule has 156 valence electrons. The number of ether oxygens (including phenoxy) is 2. The molecular weight excluding hydrogens is 477 g/mol. The van der Waals surface area contributed by atoms with E-state index in [9.17, 15) is 0 Å². The fourth-order valence-corrected chi connectivity index (χ4v) is 3.97. The molecule has 2 N–H and O–H groups in total. The van der Waals surface area contributed by atoms with Gasteiger partial charge in [0.25, 0.3) is 0 Å². The summed E-state index contributed by atoms with van der Waals surface area (Å²) in [5.41, 5.74) is 4.11. The minimum absolute atomic E-state index is 0. The summed E-state index contributed by atoms with van der Waals surface area (Å²) in [6.45, 7) is 2.52. The molecule has 0 saturated heterocycles. The first-order valence-electron chi connectivity index (χ1n) is 10.1. The van der Waals surface area contributed by atoms with E-state index in [1.807, 2.05) is 19.2 Å². The number of methoxy groups -OCH3 is 1. The molecule has 0 amide bonds. The number of hydrogen-bond acceptors (Lipinski definition) is 3. The maximum Gasteiger partial charge on any atom is 0.191 e. The van der Waals surface area contributed by atoms with Gasteiger partial charge in [0, 0.05) is 37.5 Å². The third-order valence-corrected chi connectivity index (χ3v) is 5.81. The minimum atomic E-state index is 0. The van der Waals surface area contributed by atoms with Gasteiger partial charge >= 0.3 is 0 Å². The van der Waals surface area contributed by atoms with E-state index in [4.69, 9.17) is 9.47 Å². The molecule has 0 aromatic heterocycles. The van der Waals surface area contributed by atoms with Crippen molar-refractivity contribution in [3.05, 3.63) is 59.2 Å². The highest BCUT2D eigenvalue weighted by Gasteiger charge is 2.46. The first kappa shape index (κ1) is 21.7. The topological polar surface area (TPSA) is 54.9 Å². The van der Waals surface area contributed by atoms with Crippen molar-refractivity contribution in [1.82, 2.24) is 10.6 Å². The minimum Gasteiger partial charge on any atom is -0.496 e. The van der Waals surface area contributed by atoms with Crippen LogP contribution in [0, 0.1) is 0 Å². The molecule has 0 unspecified atom stereocenters. The third kappa shape index (κ3) is 4.97. The van der Waals surface area contributed by atoms with Gasteiger partial charge in [-0.3, -0.25) is 4.99 Å². The molecule has 2 aromatic rings. The summed E-state index contributed by atoms with van der Waals surface area (Å²) in [6.07, 6.45) is 4.33. The van der Waals surface area contributed by atoms with Gasteiger partial charge in [0.2, 0.25) is 0 Å². The van der Waals surface area contributed by atoms with Crippen LogP contribution in [0.2, 0.25) is 0 Å². The summed E-state index contributed by atoms with van der Waals surface area (Å²) in [7, 11) is 3.57. The predicted octanol–water partition coefficient (Wildman–Crippen LogP) is 3.69. The lowest BCUT2D eigenvalue weighted by atomic mass is 9.95. The molecule has 2 aromatic carbocycles. The number of guanidine groups is 1. The quantitative estimate of drug-likeness (QED) is 0.341. The van der Waals surface area contributed by atoms with Crippen molar-refractivity contribution in [1.29, 1.82) is 0 Å². The maximum absolute atomic E-state index is 5.58. The lowest BCUT2D eigenvalue weighted by Crippen LogP contribution is -2.42. The number of para-hydroxylation sites is 1. The van der Waals surface area contributed by atoms with Crippen molar-refractivity contribution < 1.29 is 9.47 Å². The van der Waals surface area contributed by atoms with E-state index in [2.05, 4.69) is 46.0 Å². The van der Waals surface area contributed by atoms with Crippen LogP contribution >= 0.6 is 24.0 Å². The van der Waals surface area contributed by atoms with Crippen molar-refractivity contribution in [2.24, 2.45) is 4.99 Å². The van der Waals surface area contributed by atoms with E-state index in [0.717, 1.165) is 50.0 Å². The summed E-state index contributed by atoms with van der Waals surface area (Å²) < 4.78 is 11.2. The first-order valence-corrected chi connectivity index (χ1v) is 10.1. The SMILES string of the molecule is CN=C(NCCc1ccc2c(c1)CCO2)NCC1(c2ccccc2OC)CC1.I. The van der Waals surface area contributed by atoms with Crippen molar-refractivity contribution >= 4 is 29.9 Å². The van der Waals surface area contributed by atoms with Gasteiger partial charge in [-0.1, -0.05) is 30.3 Å². The van der Waals surface area contributed by atoms with Crippen molar-refractivity contribution in [2.45, 2.75) is 31.1 Å². The number of aliphatic imine (C=N–C) groups is 1. The molecule has 0 spiro atoms. The molecule has 1 saturated carbocycles. The Labute approximate surface area is 190 Å². The Morgan fingerprint density at radius 2 is 2.00 bits per heavy atom. The van der Waals surface area contributed by atoms with Crippen LogP contribution < -0.4 is 20.1 Å². The fraction of sp³-hybridized carbons (Fsp3) is 0.435. The van der Waals surface area contributed by atoms with Gasteiger partial charge in [0.1, 0.15) is 11.5 Å². The van der Waals surface area contributed by atoms with Gasteiger partial charge in [0.15, 0.2) is 5.96 Å². The van der Waals surface area contributed by atoms with Crippen LogP contribution in [0.1, 0.15) is 29.5 Å². The molecule has 1 aliphatic heterocycles. The van der Waals surface area contributed by atoms with E-state index < -0.39 is 0 Å². The highest BCUT2D eigenvalue weighted by atomic mass is 127. The summed E-state index contributed by atoms with van der Waals surface area (Å²) in [6, 6.07) is 14.9. The second-order valence-electron chi connectivity index (χ2n) is 7.62. The zero-order chi connectivity index (χ0) is 19.4. The number of benzene rings is 2. The average molecular weight is 507 g/mol. The number of nitrogens with one attached hydrogen (secondary N) is 2. The largest absolute Gasteiger partial charge is 0.496 e. The Morgan fingerprint density at radius 1 is 1.17 bits per heavy atom. The number of hydrogen-bond donors (Lipinski definition) is 2. The van der Waals surface area contributed by atoms with Gasteiger partial charge in [-0.05, 0) is 42.5 Å². The smallest absolute Gasteiger partial charge is 0.191 e. The molecule has 1 aliphatic carbocycles. The van der Waals surface area contributed by atoms with Gasteiger partial charge in [-0.2, -0.15) is 0 Å². The van der Waals surface area contributed by atoms with Crippen LogP contribution in [0.5, 0.6) is 11.5 Å². The Bertz CT molecular complexity index is 865. The zero-order valence-corrected chi connectivity index (χ0v) is 19.5. The van der Waals surface area contributed by atoms with Gasteiger partial charge in [0.05, 0.1) is 13.7 Å². The number of halogens is 1. The van der Waals surface area contributed by atoms with Crippen LogP contribution in [0.25, 0.3) is 0 Å². The molecule has 6 heteroatoms.